The van der Waals surface area contributed by atoms with Crippen LogP contribution in [-0.2, 0) is 24.0 Å². The van der Waals surface area contributed by atoms with Crippen LogP contribution in [0.25, 0.3) is 0 Å². The highest BCUT2D eigenvalue weighted by molar-refractivity contribution is 7.84. The monoisotopic (exact) mass is 357 g/mol. The first-order valence-electron chi connectivity index (χ1n) is 6.05. The maximum absolute atomic E-state index is 11.2. The Labute approximate surface area is 134 Å². The second-order valence-electron chi connectivity index (χ2n) is 4.16. The summed E-state index contributed by atoms with van der Waals surface area (Å²) < 4.78 is 37.6. The smallest absolute Gasteiger partial charge is 0.333 e. The van der Waals surface area contributed by atoms with Gasteiger partial charge >= 0.3 is 10.3 Å². The third kappa shape index (κ3) is 5.71. The van der Waals surface area contributed by atoms with Crippen LogP contribution in [0.3, 0.4) is 0 Å². The Bertz CT molecular complexity index is 547. The fourth-order valence-electron chi connectivity index (χ4n) is 1.81. The molecule has 0 spiro atoms. The minimum Gasteiger partial charge on any atom is -0.359 e. The van der Waals surface area contributed by atoms with Crippen molar-refractivity contribution in [3.05, 3.63) is 33.8 Å². The van der Waals surface area contributed by atoms with Gasteiger partial charge in [-0.1, -0.05) is 36.2 Å². The molecular formula is C12H17Cl2NO5S. The van der Waals surface area contributed by atoms with Crippen molar-refractivity contribution in [3.8, 4) is 0 Å². The van der Waals surface area contributed by atoms with E-state index in [9.17, 15) is 8.42 Å². The molecule has 1 aromatic rings. The topological polar surface area (TPSA) is 87.9 Å². The van der Waals surface area contributed by atoms with E-state index < -0.39 is 22.5 Å². The molecule has 120 valence electrons. The highest BCUT2D eigenvalue weighted by Gasteiger charge is 2.30. The first-order chi connectivity index (χ1) is 9.80. The van der Waals surface area contributed by atoms with Crippen LogP contribution in [0.5, 0.6) is 0 Å². The van der Waals surface area contributed by atoms with Gasteiger partial charge in [-0.25, -0.2) is 5.14 Å². The van der Waals surface area contributed by atoms with Crippen molar-refractivity contribution in [2.24, 2.45) is 5.14 Å². The average molecular weight is 358 g/mol. The molecule has 0 saturated carbocycles. The van der Waals surface area contributed by atoms with Gasteiger partial charge in [0, 0.05) is 22.7 Å². The quantitative estimate of drug-likeness (QED) is 0.722. The van der Waals surface area contributed by atoms with E-state index in [1.807, 2.05) is 0 Å². The molecule has 9 heteroatoms. The lowest BCUT2D eigenvalue weighted by molar-refractivity contribution is -0.108. The lowest BCUT2D eigenvalue weighted by Gasteiger charge is -2.27. The summed E-state index contributed by atoms with van der Waals surface area (Å²) in [5, 5.41) is 5.60. The molecule has 0 saturated heterocycles. The molecule has 0 fully saturated rings. The van der Waals surface area contributed by atoms with E-state index in [4.69, 9.17) is 42.0 Å². The van der Waals surface area contributed by atoms with Crippen LogP contribution in [-0.4, -0.2) is 28.4 Å². The van der Waals surface area contributed by atoms with Gasteiger partial charge in [-0.05, 0) is 18.6 Å². The van der Waals surface area contributed by atoms with E-state index in [0.29, 0.717) is 22.0 Å². The standard InChI is InChI=1S/C12H17Cl2NO5S/c1-3-10(20-21(15,16)17)12(19-7-18-2)11-8(13)5-4-6-9(11)14/h4-6,10,12H,3,7H2,1-2H3,(H2,15,16,17)/t10-,12+/m0/s1. The lowest BCUT2D eigenvalue weighted by Crippen LogP contribution is -2.31. The fourth-order valence-corrected chi connectivity index (χ4v) is 3.00. The van der Waals surface area contributed by atoms with E-state index in [-0.39, 0.29) is 6.79 Å². The highest BCUT2D eigenvalue weighted by atomic mass is 35.5. The van der Waals surface area contributed by atoms with Gasteiger partial charge in [0.25, 0.3) is 0 Å². The first kappa shape index (κ1) is 18.6. The Morgan fingerprint density at radius 2 is 1.86 bits per heavy atom. The number of hydrogen-bond acceptors (Lipinski definition) is 5. The molecule has 0 aliphatic rings. The number of ether oxygens (including phenoxy) is 2. The number of halogens is 2. The van der Waals surface area contributed by atoms with Gasteiger partial charge in [0.15, 0.2) is 0 Å². The van der Waals surface area contributed by atoms with Gasteiger partial charge in [-0.3, -0.25) is 4.18 Å². The molecule has 0 aliphatic heterocycles. The minimum absolute atomic E-state index is 0.0866. The molecule has 0 radical (unpaired) electrons. The summed E-state index contributed by atoms with van der Waals surface area (Å²) in [6.07, 6.45) is -1.41. The average Bonchev–Trinajstić information content (AvgIpc) is 2.38. The van der Waals surface area contributed by atoms with Crippen molar-refractivity contribution in [1.82, 2.24) is 0 Å². The molecule has 0 unspecified atom stereocenters. The number of rotatable bonds is 8. The predicted molar refractivity (Wildman–Crippen MR) is 80.4 cm³/mol. The van der Waals surface area contributed by atoms with Crippen LogP contribution in [0.1, 0.15) is 25.0 Å². The van der Waals surface area contributed by atoms with Gasteiger partial charge in [-0.15, -0.1) is 0 Å². The molecule has 0 amide bonds. The fraction of sp³-hybridized carbons (Fsp3) is 0.500. The van der Waals surface area contributed by atoms with Crippen LogP contribution in [0, 0.1) is 0 Å². The Morgan fingerprint density at radius 1 is 1.29 bits per heavy atom. The molecule has 2 atom stereocenters. The number of hydrogen-bond donors (Lipinski definition) is 1. The molecule has 0 aromatic heterocycles. The van der Waals surface area contributed by atoms with Gasteiger partial charge in [0.1, 0.15) is 19.0 Å². The second kappa shape index (κ2) is 8.28. The zero-order valence-corrected chi connectivity index (χ0v) is 13.9. The van der Waals surface area contributed by atoms with Crippen LogP contribution < -0.4 is 5.14 Å². The molecule has 6 nitrogen and oxygen atoms in total. The maximum atomic E-state index is 11.2. The van der Waals surface area contributed by atoms with Crippen LogP contribution in [0.15, 0.2) is 18.2 Å². The highest BCUT2D eigenvalue weighted by Crippen LogP contribution is 2.36. The SMILES string of the molecule is CC[C@H](OS(N)(=O)=O)[C@@H](OCOC)c1c(Cl)cccc1Cl. The third-order valence-corrected chi connectivity index (χ3v) is 3.82. The van der Waals surface area contributed by atoms with E-state index in [1.165, 1.54) is 7.11 Å². The van der Waals surface area contributed by atoms with Gasteiger partial charge in [0.05, 0.1) is 0 Å². The van der Waals surface area contributed by atoms with Crippen molar-refractivity contribution < 1.29 is 22.1 Å². The van der Waals surface area contributed by atoms with Gasteiger partial charge in [0.2, 0.25) is 0 Å². The Balaban J connectivity index is 3.20. The summed E-state index contributed by atoms with van der Waals surface area (Å²) in [5.74, 6) is 0. The van der Waals surface area contributed by atoms with E-state index in [2.05, 4.69) is 0 Å². The maximum Gasteiger partial charge on any atom is 0.333 e. The van der Waals surface area contributed by atoms with Gasteiger partial charge in [-0.2, -0.15) is 8.42 Å². The molecule has 0 heterocycles. The molecule has 21 heavy (non-hydrogen) atoms. The summed E-state index contributed by atoms with van der Waals surface area (Å²) in [6, 6.07) is 4.91. The summed E-state index contributed by atoms with van der Waals surface area (Å²) in [4.78, 5) is 0. The lowest BCUT2D eigenvalue weighted by atomic mass is 10.0. The second-order valence-corrected chi connectivity index (χ2v) is 6.16. The summed E-state index contributed by atoms with van der Waals surface area (Å²) in [6.45, 7) is 1.64. The summed E-state index contributed by atoms with van der Waals surface area (Å²) in [7, 11) is -2.71. The van der Waals surface area contributed by atoms with Crippen LogP contribution >= 0.6 is 23.2 Å². The van der Waals surface area contributed by atoms with Crippen molar-refractivity contribution in [2.45, 2.75) is 25.6 Å². The molecular weight excluding hydrogens is 341 g/mol. The Hall–Kier alpha value is -0.410. The first-order valence-corrected chi connectivity index (χ1v) is 8.28. The number of methoxy groups -OCH3 is 1. The van der Waals surface area contributed by atoms with Crippen molar-refractivity contribution in [2.75, 3.05) is 13.9 Å². The predicted octanol–water partition coefficient (Wildman–Crippen LogP) is 2.65. The van der Waals surface area contributed by atoms with Gasteiger partial charge < -0.3 is 9.47 Å². The summed E-state index contributed by atoms with van der Waals surface area (Å²) in [5.41, 5.74) is 0.424. The normalized spacial score (nSPS) is 14.9. The van der Waals surface area contributed by atoms with Crippen molar-refractivity contribution in [1.29, 1.82) is 0 Å². The van der Waals surface area contributed by atoms with E-state index in [0.717, 1.165) is 0 Å². The largest absolute Gasteiger partial charge is 0.359 e. The zero-order chi connectivity index (χ0) is 16.0. The third-order valence-electron chi connectivity index (χ3n) is 2.65. The van der Waals surface area contributed by atoms with Crippen molar-refractivity contribution in [3.63, 3.8) is 0 Å². The number of nitrogens with two attached hydrogens (primary N) is 1. The summed E-state index contributed by atoms with van der Waals surface area (Å²) >= 11 is 12.3. The zero-order valence-electron chi connectivity index (χ0n) is 11.6. The molecule has 2 N–H and O–H groups in total. The van der Waals surface area contributed by atoms with E-state index >= 15 is 0 Å². The minimum atomic E-state index is -4.15. The van der Waals surface area contributed by atoms with E-state index in [1.54, 1.807) is 25.1 Å². The molecule has 1 aromatic carbocycles. The van der Waals surface area contributed by atoms with Crippen LogP contribution in [0.4, 0.5) is 0 Å². The molecule has 0 aliphatic carbocycles. The van der Waals surface area contributed by atoms with Crippen LogP contribution in [0.2, 0.25) is 10.0 Å². The number of benzene rings is 1. The Morgan fingerprint density at radius 3 is 2.29 bits per heavy atom. The Kier molecular flexibility index (Phi) is 7.35. The molecule has 0 bridgehead atoms. The molecule has 1 rings (SSSR count). The van der Waals surface area contributed by atoms with Crippen molar-refractivity contribution >= 4 is 33.5 Å².